The van der Waals surface area contributed by atoms with Crippen LogP contribution in [0.4, 0.5) is 0 Å². The summed E-state index contributed by atoms with van der Waals surface area (Å²) < 4.78 is 2.33. The van der Waals surface area contributed by atoms with E-state index in [2.05, 4.69) is 34.9 Å². The Morgan fingerprint density at radius 3 is 2.82 bits per heavy atom. The van der Waals surface area contributed by atoms with Gasteiger partial charge < -0.3 is 9.88 Å². The fraction of sp³-hybridized carbons (Fsp3) is 0.786. The van der Waals surface area contributed by atoms with Crippen LogP contribution in [0.2, 0.25) is 0 Å². The van der Waals surface area contributed by atoms with Crippen LogP contribution in [0, 0.1) is 5.92 Å². The Morgan fingerprint density at radius 2 is 2.24 bits per heavy atom. The molecular weight excluding hydrogens is 210 g/mol. The van der Waals surface area contributed by atoms with Gasteiger partial charge in [-0.3, -0.25) is 0 Å². The highest BCUT2D eigenvalue weighted by molar-refractivity contribution is 5.03. The molecule has 1 atom stereocenters. The second-order valence-electron chi connectivity index (χ2n) is 5.10. The number of hydrogen-bond acceptors (Lipinski definition) is 2. The van der Waals surface area contributed by atoms with Crippen LogP contribution in [0.25, 0.3) is 0 Å². The zero-order chi connectivity index (χ0) is 12.1. The third kappa shape index (κ3) is 2.89. The van der Waals surface area contributed by atoms with Gasteiger partial charge in [-0.2, -0.15) is 0 Å². The van der Waals surface area contributed by atoms with Gasteiger partial charge in [-0.25, -0.2) is 4.98 Å². The maximum Gasteiger partial charge on any atom is 0.126 e. The SMILES string of the molecule is CCCNC(c1nccn1CCC)C1CCC1. The van der Waals surface area contributed by atoms with Gasteiger partial charge >= 0.3 is 0 Å². The van der Waals surface area contributed by atoms with E-state index in [0.717, 1.165) is 19.0 Å². The third-order valence-electron chi connectivity index (χ3n) is 3.73. The van der Waals surface area contributed by atoms with Crippen molar-refractivity contribution >= 4 is 0 Å². The van der Waals surface area contributed by atoms with Gasteiger partial charge in [0, 0.05) is 18.9 Å². The molecule has 1 aliphatic rings. The monoisotopic (exact) mass is 235 g/mol. The predicted molar refractivity (Wildman–Crippen MR) is 70.9 cm³/mol. The number of hydrogen-bond donors (Lipinski definition) is 1. The highest BCUT2D eigenvalue weighted by Gasteiger charge is 2.30. The van der Waals surface area contributed by atoms with E-state index in [1.54, 1.807) is 0 Å². The fourth-order valence-corrected chi connectivity index (χ4v) is 2.57. The maximum absolute atomic E-state index is 4.59. The van der Waals surface area contributed by atoms with Gasteiger partial charge in [0.15, 0.2) is 0 Å². The van der Waals surface area contributed by atoms with Crippen molar-refractivity contribution in [1.82, 2.24) is 14.9 Å². The summed E-state index contributed by atoms with van der Waals surface area (Å²) in [7, 11) is 0. The van der Waals surface area contributed by atoms with Gasteiger partial charge in [-0.05, 0) is 38.1 Å². The number of nitrogens with one attached hydrogen (secondary N) is 1. The lowest BCUT2D eigenvalue weighted by molar-refractivity contribution is 0.219. The van der Waals surface area contributed by atoms with Crippen molar-refractivity contribution in [3.8, 4) is 0 Å². The summed E-state index contributed by atoms with van der Waals surface area (Å²) in [6.45, 7) is 6.64. The average molecular weight is 235 g/mol. The summed E-state index contributed by atoms with van der Waals surface area (Å²) in [6, 6.07) is 0.477. The minimum Gasteiger partial charge on any atom is -0.334 e. The van der Waals surface area contributed by atoms with E-state index in [1.165, 1.54) is 37.9 Å². The standard InChI is InChI=1S/C14H25N3/c1-3-8-15-13(12-6-5-7-12)14-16-9-11-17(14)10-4-2/h9,11-13,15H,3-8,10H2,1-2H3. The van der Waals surface area contributed by atoms with Crippen molar-refractivity contribution in [2.75, 3.05) is 6.54 Å². The first kappa shape index (κ1) is 12.6. The molecule has 3 nitrogen and oxygen atoms in total. The quantitative estimate of drug-likeness (QED) is 0.787. The molecule has 1 aromatic heterocycles. The molecule has 96 valence electrons. The van der Waals surface area contributed by atoms with Crippen molar-refractivity contribution in [1.29, 1.82) is 0 Å². The molecule has 17 heavy (non-hydrogen) atoms. The van der Waals surface area contributed by atoms with Crippen LogP contribution in [-0.4, -0.2) is 16.1 Å². The van der Waals surface area contributed by atoms with Crippen LogP contribution in [0.5, 0.6) is 0 Å². The lowest BCUT2D eigenvalue weighted by Crippen LogP contribution is -2.34. The topological polar surface area (TPSA) is 29.9 Å². The maximum atomic E-state index is 4.59. The molecule has 0 spiro atoms. The normalized spacial score (nSPS) is 18.0. The fourth-order valence-electron chi connectivity index (χ4n) is 2.57. The molecular formula is C14H25N3. The van der Waals surface area contributed by atoms with Crippen molar-refractivity contribution in [2.24, 2.45) is 5.92 Å². The lowest BCUT2D eigenvalue weighted by Gasteiger charge is -2.34. The van der Waals surface area contributed by atoms with Crippen LogP contribution in [0.3, 0.4) is 0 Å². The van der Waals surface area contributed by atoms with Crippen LogP contribution >= 0.6 is 0 Å². The Balaban J connectivity index is 2.09. The molecule has 1 unspecified atom stereocenters. The number of nitrogens with zero attached hydrogens (tertiary/aromatic N) is 2. The van der Waals surface area contributed by atoms with E-state index in [0.29, 0.717) is 6.04 Å². The Kier molecular flexibility index (Phi) is 4.60. The molecule has 3 heteroatoms. The molecule has 1 aliphatic carbocycles. The first-order chi connectivity index (χ1) is 8.36. The Labute approximate surface area is 105 Å². The predicted octanol–water partition coefficient (Wildman–Crippen LogP) is 3.13. The number of aryl methyl sites for hydroxylation is 1. The highest BCUT2D eigenvalue weighted by atomic mass is 15.1. The van der Waals surface area contributed by atoms with Crippen LogP contribution in [0.1, 0.15) is 57.8 Å². The Hall–Kier alpha value is -0.830. The van der Waals surface area contributed by atoms with Gasteiger partial charge in [0.2, 0.25) is 0 Å². The van der Waals surface area contributed by atoms with Crippen LogP contribution in [0.15, 0.2) is 12.4 Å². The van der Waals surface area contributed by atoms with Gasteiger partial charge in [-0.15, -0.1) is 0 Å². The van der Waals surface area contributed by atoms with E-state index < -0.39 is 0 Å². The first-order valence-corrected chi connectivity index (χ1v) is 7.11. The molecule has 0 radical (unpaired) electrons. The number of rotatable bonds is 7. The summed E-state index contributed by atoms with van der Waals surface area (Å²) in [5.74, 6) is 2.06. The molecule has 0 amide bonds. The summed E-state index contributed by atoms with van der Waals surface area (Å²) in [6.07, 6.45) is 10.6. The molecule has 0 aromatic carbocycles. The van der Waals surface area contributed by atoms with E-state index in [4.69, 9.17) is 0 Å². The summed E-state index contributed by atoms with van der Waals surface area (Å²) in [4.78, 5) is 4.59. The number of imidazole rings is 1. The molecule has 1 fully saturated rings. The van der Waals surface area contributed by atoms with Crippen molar-refractivity contribution in [3.63, 3.8) is 0 Å². The smallest absolute Gasteiger partial charge is 0.126 e. The van der Waals surface area contributed by atoms with E-state index in [1.807, 2.05) is 6.20 Å². The van der Waals surface area contributed by atoms with E-state index in [-0.39, 0.29) is 0 Å². The van der Waals surface area contributed by atoms with Gasteiger partial charge in [-0.1, -0.05) is 20.3 Å². The second kappa shape index (κ2) is 6.20. The van der Waals surface area contributed by atoms with Gasteiger partial charge in [0.25, 0.3) is 0 Å². The third-order valence-corrected chi connectivity index (χ3v) is 3.73. The molecule has 1 N–H and O–H groups in total. The molecule has 0 aliphatic heterocycles. The van der Waals surface area contributed by atoms with Crippen molar-refractivity contribution < 1.29 is 0 Å². The summed E-state index contributed by atoms with van der Waals surface area (Å²) >= 11 is 0. The van der Waals surface area contributed by atoms with E-state index in [9.17, 15) is 0 Å². The zero-order valence-corrected chi connectivity index (χ0v) is 11.2. The molecule has 0 saturated heterocycles. The summed E-state index contributed by atoms with van der Waals surface area (Å²) in [5.41, 5.74) is 0. The zero-order valence-electron chi connectivity index (χ0n) is 11.2. The molecule has 1 saturated carbocycles. The Morgan fingerprint density at radius 1 is 1.41 bits per heavy atom. The molecule has 2 rings (SSSR count). The van der Waals surface area contributed by atoms with Crippen LogP contribution < -0.4 is 5.32 Å². The molecule has 1 heterocycles. The average Bonchev–Trinajstić information content (AvgIpc) is 2.70. The van der Waals surface area contributed by atoms with Gasteiger partial charge in [0.1, 0.15) is 5.82 Å². The van der Waals surface area contributed by atoms with Crippen molar-refractivity contribution in [3.05, 3.63) is 18.2 Å². The van der Waals surface area contributed by atoms with E-state index >= 15 is 0 Å². The largest absolute Gasteiger partial charge is 0.334 e. The lowest BCUT2D eigenvalue weighted by atomic mass is 9.79. The van der Waals surface area contributed by atoms with Crippen molar-refractivity contribution in [2.45, 2.75) is 58.5 Å². The minimum absolute atomic E-state index is 0.477. The number of aromatic nitrogens is 2. The minimum atomic E-state index is 0.477. The second-order valence-corrected chi connectivity index (χ2v) is 5.10. The summed E-state index contributed by atoms with van der Waals surface area (Å²) in [5, 5.41) is 3.69. The first-order valence-electron chi connectivity index (χ1n) is 7.11. The highest BCUT2D eigenvalue weighted by Crippen LogP contribution is 2.37. The van der Waals surface area contributed by atoms with Crippen LogP contribution in [-0.2, 0) is 6.54 Å². The molecule has 1 aromatic rings. The Bertz CT molecular complexity index is 328. The van der Waals surface area contributed by atoms with Gasteiger partial charge in [0.05, 0.1) is 6.04 Å². The molecule has 0 bridgehead atoms.